The third-order valence-electron chi connectivity index (χ3n) is 2.63. The maximum atomic E-state index is 11.5. The van der Waals surface area contributed by atoms with Crippen LogP contribution in [0.5, 0.6) is 0 Å². The minimum atomic E-state index is -0.990. The highest BCUT2D eigenvalue weighted by atomic mass is 16.4. The summed E-state index contributed by atoms with van der Waals surface area (Å²) < 4.78 is 1.32. The molecule has 0 spiro atoms. The van der Waals surface area contributed by atoms with Crippen molar-refractivity contribution in [1.29, 1.82) is 0 Å². The number of carbonyl (C=O) groups is 1. The van der Waals surface area contributed by atoms with E-state index < -0.39 is 5.97 Å². The van der Waals surface area contributed by atoms with Gasteiger partial charge < -0.3 is 5.11 Å². The van der Waals surface area contributed by atoms with Crippen LogP contribution in [0.1, 0.15) is 24.2 Å². The van der Waals surface area contributed by atoms with E-state index in [0.29, 0.717) is 0 Å². The van der Waals surface area contributed by atoms with E-state index in [-0.39, 0.29) is 12.1 Å². The number of aryl methyl sites for hydroxylation is 1. The van der Waals surface area contributed by atoms with E-state index in [2.05, 4.69) is 4.98 Å². The third-order valence-corrected chi connectivity index (χ3v) is 2.63. The van der Waals surface area contributed by atoms with Crippen LogP contribution >= 0.6 is 0 Å². The molecule has 1 heterocycles. The van der Waals surface area contributed by atoms with Gasteiger partial charge in [-0.1, -0.05) is 0 Å². The molecule has 5 heteroatoms. The molecule has 0 amide bonds. The van der Waals surface area contributed by atoms with Crippen molar-refractivity contribution in [1.82, 2.24) is 9.55 Å². The Morgan fingerprint density at radius 2 is 2.20 bits per heavy atom. The second-order valence-electron chi connectivity index (χ2n) is 3.68. The van der Waals surface area contributed by atoms with Gasteiger partial charge in [-0.25, -0.2) is 0 Å². The van der Waals surface area contributed by atoms with Crippen molar-refractivity contribution in [3.8, 4) is 0 Å². The Balaban J connectivity index is 2.50. The summed E-state index contributed by atoms with van der Waals surface area (Å²) in [4.78, 5) is 26.2. The molecule has 0 aliphatic heterocycles. The molecule has 1 N–H and O–H groups in total. The fourth-order valence-corrected chi connectivity index (χ4v) is 1.95. The summed E-state index contributed by atoms with van der Waals surface area (Å²) in [5.74, 6) is -0.990. The molecule has 5 nitrogen and oxygen atoms in total. The first-order valence-electron chi connectivity index (χ1n) is 4.98. The van der Waals surface area contributed by atoms with Crippen molar-refractivity contribution < 1.29 is 9.90 Å². The fourth-order valence-electron chi connectivity index (χ4n) is 1.95. The summed E-state index contributed by atoms with van der Waals surface area (Å²) in [7, 11) is 0. The third kappa shape index (κ3) is 1.91. The number of rotatable bonds is 2. The Morgan fingerprint density at radius 1 is 1.47 bits per heavy atom. The van der Waals surface area contributed by atoms with E-state index in [1.807, 2.05) is 0 Å². The molecule has 1 aromatic heterocycles. The smallest absolute Gasteiger partial charge is 0.323 e. The first-order valence-corrected chi connectivity index (χ1v) is 4.98. The van der Waals surface area contributed by atoms with E-state index in [1.165, 1.54) is 10.8 Å². The van der Waals surface area contributed by atoms with Crippen LogP contribution in [-0.4, -0.2) is 20.6 Å². The Bertz CT molecular complexity index is 450. The van der Waals surface area contributed by atoms with Gasteiger partial charge in [0.05, 0.1) is 11.9 Å². The maximum absolute atomic E-state index is 11.5. The molecule has 0 saturated heterocycles. The van der Waals surface area contributed by atoms with E-state index >= 15 is 0 Å². The second kappa shape index (κ2) is 3.84. The largest absolute Gasteiger partial charge is 0.480 e. The first kappa shape index (κ1) is 9.89. The van der Waals surface area contributed by atoms with Crippen LogP contribution in [0.3, 0.4) is 0 Å². The quantitative estimate of drug-likeness (QED) is 0.753. The monoisotopic (exact) mass is 208 g/mol. The minimum Gasteiger partial charge on any atom is -0.480 e. The molecule has 1 aromatic rings. The van der Waals surface area contributed by atoms with Crippen LogP contribution in [0.4, 0.5) is 0 Å². The van der Waals surface area contributed by atoms with E-state index in [0.717, 1.165) is 37.1 Å². The minimum absolute atomic E-state index is 0.260. The molecule has 0 bridgehead atoms. The van der Waals surface area contributed by atoms with Crippen LogP contribution < -0.4 is 5.56 Å². The van der Waals surface area contributed by atoms with Crippen LogP contribution in [-0.2, 0) is 24.2 Å². The molecule has 0 fully saturated rings. The number of fused-ring (bicyclic) bond motifs is 1. The molecule has 0 aromatic carbocycles. The molecule has 0 unspecified atom stereocenters. The Kier molecular flexibility index (Phi) is 2.53. The lowest BCUT2D eigenvalue weighted by Crippen LogP contribution is -2.30. The summed E-state index contributed by atoms with van der Waals surface area (Å²) >= 11 is 0. The van der Waals surface area contributed by atoms with Gasteiger partial charge in [0.25, 0.3) is 5.56 Å². The van der Waals surface area contributed by atoms with Gasteiger partial charge in [-0.15, -0.1) is 0 Å². The molecule has 0 atom stereocenters. The number of aromatic nitrogens is 2. The topological polar surface area (TPSA) is 72.2 Å². The van der Waals surface area contributed by atoms with E-state index in [9.17, 15) is 9.59 Å². The molecule has 15 heavy (non-hydrogen) atoms. The summed E-state index contributed by atoms with van der Waals surface area (Å²) in [6.07, 6.45) is 4.87. The molecule has 0 saturated carbocycles. The van der Waals surface area contributed by atoms with Gasteiger partial charge in [-0.3, -0.25) is 19.1 Å². The van der Waals surface area contributed by atoms with Crippen molar-refractivity contribution >= 4 is 5.97 Å². The number of carboxylic acids is 1. The molecule has 1 aliphatic carbocycles. The van der Waals surface area contributed by atoms with E-state index in [1.54, 1.807) is 0 Å². The van der Waals surface area contributed by atoms with Gasteiger partial charge in [0.15, 0.2) is 0 Å². The Morgan fingerprint density at radius 3 is 2.93 bits per heavy atom. The normalized spacial score (nSPS) is 14.7. The first-order chi connectivity index (χ1) is 7.18. The van der Waals surface area contributed by atoms with Crippen LogP contribution in [0.2, 0.25) is 0 Å². The summed E-state index contributed by atoms with van der Waals surface area (Å²) in [5, 5.41) is 8.71. The Labute approximate surface area is 86.4 Å². The van der Waals surface area contributed by atoms with Gasteiger partial charge >= 0.3 is 5.97 Å². The average molecular weight is 208 g/mol. The van der Waals surface area contributed by atoms with Crippen LogP contribution in [0, 0.1) is 0 Å². The number of carboxylic acid groups (broad SMARTS) is 1. The van der Waals surface area contributed by atoms with Gasteiger partial charge in [0.1, 0.15) is 6.54 Å². The lowest BCUT2D eigenvalue weighted by Gasteiger charge is -2.18. The van der Waals surface area contributed by atoms with E-state index in [4.69, 9.17) is 5.11 Å². The van der Waals surface area contributed by atoms with Gasteiger partial charge in [0.2, 0.25) is 0 Å². The average Bonchev–Trinajstić information content (AvgIpc) is 2.22. The standard InChI is InChI=1S/C10H12N2O3/c13-9-5-11-7-3-1-2-4-8(7)12(9)6-10(14)15/h5H,1-4,6H2,(H,14,15). The predicted octanol–water partition coefficient (Wildman–Crippen LogP) is 0.207. The zero-order chi connectivity index (χ0) is 10.8. The lowest BCUT2D eigenvalue weighted by atomic mass is 10.0. The van der Waals surface area contributed by atoms with Crippen molar-refractivity contribution in [2.45, 2.75) is 32.2 Å². The molecule has 2 rings (SSSR count). The lowest BCUT2D eigenvalue weighted by molar-refractivity contribution is -0.137. The van der Waals surface area contributed by atoms with Crippen molar-refractivity contribution in [2.75, 3.05) is 0 Å². The maximum Gasteiger partial charge on any atom is 0.323 e. The van der Waals surface area contributed by atoms with Crippen LogP contribution in [0.25, 0.3) is 0 Å². The van der Waals surface area contributed by atoms with Crippen molar-refractivity contribution in [3.05, 3.63) is 27.9 Å². The van der Waals surface area contributed by atoms with Crippen molar-refractivity contribution in [3.63, 3.8) is 0 Å². The van der Waals surface area contributed by atoms with Gasteiger partial charge in [-0.2, -0.15) is 0 Å². The molecular formula is C10H12N2O3. The summed E-state index contributed by atoms with van der Waals surface area (Å²) in [6.45, 7) is -0.260. The SMILES string of the molecule is O=C(O)Cn1c2c(ncc1=O)CCCC2. The highest BCUT2D eigenvalue weighted by Gasteiger charge is 2.16. The zero-order valence-electron chi connectivity index (χ0n) is 8.27. The number of hydrogen-bond donors (Lipinski definition) is 1. The Hall–Kier alpha value is -1.65. The molecular weight excluding hydrogens is 196 g/mol. The zero-order valence-corrected chi connectivity index (χ0v) is 8.27. The van der Waals surface area contributed by atoms with Crippen molar-refractivity contribution in [2.24, 2.45) is 0 Å². The highest BCUT2D eigenvalue weighted by Crippen LogP contribution is 2.17. The fraction of sp³-hybridized carbons (Fsp3) is 0.500. The number of aliphatic carboxylic acids is 1. The number of hydrogen-bond acceptors (Lipinski definition) is 3. The highest BCUT2D eigenvalue weighted by molar-refractivity contribution is 5.66. The van der Waals surface area contributed by atoms with Gasteiger partial charge in [-0.05, 0) is 25.7 Å². The molecule has 80 valence electrons. The summed E-state index contributed by atoms with van der Waals surface area (Å²) in [6, 6.07) is 0. The molecule has 0 radical (unpaired) electrons. The van der Waals surface area contributed by atoms with Gasteiger partial charge in [0, 0.05) is 5.69 Å². The number of nitrogens with zero attached hydrogens (tertiary/aromatic N) is 2. The summed E-state index contributed by atoms with van der Waals surface area (Å²) in [5.41, 5.74) is 1.36. The second-order valence-corrected chi connectivity index (χ2v) is 3.68. The predicted molar refractivity (Wildman–Crippen MR) is 52.8 cm³/mol. The van der Waals surface area contributed by atoms with Crippen LogP contribution in [0.15, 0.2) is 11.0 Å². The molecule has 1 aliphatic rings.